The van der Waals surface area contributed by atoms with Crippen molar-refractivity contribution in [3.8, 4) is 0 Å². The quantitative estimate of drug-likeness (QED) is 0.639. The maximum Gasteiger partial charge on any atom is 0.243 e. The summed E-state index contributed by atoms with van der Waals surface area (Å²) in [5.74, 6) is 0.104. The molecule has 0 saturated carbocycles. The van der Waals surface area contributed by atoms with Gasteiger partial charge in [0.2, 0.25) is 15.2 Å². The first-order valence-corrected chi connectivity index (χ1v) is 11.5. The van der Waals surface area contributed by atoms with E-state index in [2.05, 4.69) is 20.5 Å². The van der Waals surface area contributed by atoms with Crippen LogP contribution >= 0.6 is 11.3 Å². The molecule has 8 nitrogen and oxygen atoms in total. The fourth-order valence-corrected chi connectivity index (χ4v) is 5.45. The third-order valence-corrected chi connectivity index (χ3v) is 7.43. The van der Waals surface area contributed by atoms with Crippen molar-refractivity contribution in [1.82, 2.24) is 19.5 Å². The molecule has 1 aliphatic rings. The van der Waals surface area contributed by atoms with Crippen LogP contribution in [-0.4, -0.2) is 47.6 Å². The lowest BCUT2D eigenvalue weighted by Crippen LogP contribution is -2.42. The van der Waals surface area contributed by atoms with Crippen molar-refractivity contribution in [3.63, 3.8) is 0 Å². The zero-order chi connectivity index (χ0) is 21.3. The Morgan fingerprint density at radius 3 is 2.80 bits per heavy atom. The molecule has 4 rings (SSSR count). The summed E-state index contributed by atoms with van der Waals surface area (Å²) >= 11 is 1.41. The Bertz CT molecular complexity index is 1170. The summed E-state index contributed by atoms with van der Waals surface area (Å²) in [6.07, 6.45) is -0.521. The first kappa shape index (κ1) is 20.8. The number of aryl methyl sites for hydroxylation is 2. The molecule has 1 aromatic carbocycles. The molecule has 30 heavy (non-hydrogen) atoms. The number of anilines is 2. The third kappa shape index (κ3) is 4.33. The molecule has 1 N–H and O–H groups in total. The minimum atomic E-state index is -3.78. The Labute approximate surface area is 177 Å². The fraction of sp³-hybridized carbons (Fsp3) is 0.316. The summed E-state index contributed by atoms with van der Waals surface area (Å²) in [7, 11) is -3.78. The van der Waals surface area contributed by atoms with Gasteiger partial charge < -0.3 is 10.1 Å². The van der Waals surface area contributed by atoms with Crippen molar-refractivity contribution in [2.75, 3.05) is 25.0 Å². The van der Waals surface area contributed by atoms with Crippen molar-refractivity contribution < 1.29 is 17.5 Å². The van der Waals surface area contributed by atoms with Gasteiger partial charge in [0.15, 0.2) is 0 Å². The first-order valence-electron chi connectivity index (χ1n) is 9.25. The van der Waals surface area contributed by atoms with Gasteiger partial charge >= 0.3 is 0 Å². The monoisotopic (exact) mass is 449 g/mol. The van der Waals surface area contributed by atoms with Crippen LogP contribution in [0.3, 0.4) is 0 Å². The summed E-state index contributed by atoms with van der Waals surface area (Å²) in [5, 5.41) is 12.5. The van der Waals surface area contributed by atoms with Gasteiger partial charge in [0.25, 0.3) is 0 Å². The van der Waals surface area contributed by atoms with Crippen LogP contribution in [0.5, 0.6) is 0 Å². The zero-order valence-corrected chi connectivity index (χ0v) is 18.0. The zero-order valence-electron chi connectivity index (χ0n) is 16.4. The maximum absolute atomic E-state index is 13.4. The molecule has 0 bridgehead atoms. The molecule has 1 atom stereocenters. The van der Waals surface area contributed by atoms with Crippen LogP contribution in [-0.2, 0) is 14.8 Å². The average molecular weight is 450 g/mol. The topological polar surface area (TPSA) is 97.3 Å². The average Bonchev–Trinajstić information content (AvgIpc) is 3.12. The Balaban J connectivity index is 1.54. The van der Waals surface area contributed by atoms with E-state index in [0.29, 0.717) is 22.2 Å². The molecule has 0 aliphatic carbocycles. The van der Waals surface area contributed by atoms with E-state index in [0.717, 1.165) is 11.1 Å². The summed E-state index contributed by atoms with van der Waals surface area (Å²) < 4.78 is 46.8. The van der Waals surface area contributed by atoms with E-state index in [1.54, 1.807) is 19.1 Å². The summed E-state index contributed by atoms with van der Waals surface area (Å²) in [6.45, 7) is 4.02. The smallest absolute Gasteiger partial charge is 0.243 e. The fourth-order valence-electron chi connectivity index (χ4n) is 3.22. The number of nitrogens with one attached hydrogen (secondary N) is 1. The standard InChI is InChI=1S/C19H20FN5O3S2/c1-12-10-14(20)6-7-17(12)30(26,27)25-8-9-28-16(11-25)15-4-3-5-18(21-15)22-19-24-23-13(2)29-19/h3-7,10,16H,8-9,11H2,1-2H3,(H,21,22,24)/t16-/m1/s1. The Hall–Kier alpha value is -2.47. The van der Waals surface area contributed by atoms with Crippen molar-refractivity contribution in [2.45, 2.75) is 24.8 Å². The highest BCUT2D eigenvalue weighted by atomic mass is 32.2. The number of morpholine rings is 1. The number of benzene rings is 1. The summed E-state index contributed by atoms with van der Waals surface area (Å²) in [4.78, 5) is 4.65. The van der Waals surface area contributed by atoms with Gasteiger partial charge in [-0.1, -0.05) is 17.4 Å². The number of hydrogen-bond acceptors (Lipinski definition) is 8. The lowest BCUT2D eigenvalue weighted by atomic mass is 10.2. The van der Waals surface area contributed by atoms with Crippen LogP contribution in [0.25, 0.3) is 0 Å². The van der Waals surface area contributed by atoms with Gasteiger partial charge in [-0.2, -0.15) is 4.31 Å². The molecule has 3 heterocycles. The predicted molar refractivity (Wildman–Crippen MR) is 111 cm³/mol. The summed E-state index contributed by atoms with van der Waals surface area (Å²) in [5.41, 5.74) is 0.978. The third-order valence-electron chi connectivity index (χ3n) is 4.65. The minimum Gasteiger partial charge on any atom is -0.369 e. The maximum atomic E-state index is 13.4. The van der Waals surface area contributed by atoms with E-state index >= 15 is 0 Å². The number of aromatic nitrogens is 3. The highest BCUT2D eigenvalue weighted by molar-refractivity contribution is 7.89. The molecule has 3 aromatic rings. The molecular weight excluding hydrogens is 429 g/mol. The molecular formula is C19H20FN5O3S2. The highest BCUT2D eigenvalue weighted by Crippen LogP contribution is 2.28. The van der Waals surface area contributed by atoms with Crippen molar-refractivity contribution in [3.05, 3.63) is 58.5 Å². The molecule has 0 unspecified atom stereocenters. The lowest BCUT2D eigenvalue weighted by Gasteiger charge is -2.32. The van der Waals surface area contributed by atoms with E-state index < -0.39 is 21.9 Å². The van der Waals surface area contributed by atoms with Crippen molar-refractivity contribution in [2.24, 2.45) is 0 Å². The highest BCUT2D eigenvalue weighted by Gasteiger charge is 2.33. The van der Waals surface area contributed by atoms with E-state index in [1.807, 2.05) is 13.0 Å². The van der Waals surface area contributed by atoms with Gasteiger partial charge in [0, 0.05) is 13.1 Å². The number of rotatable bonds is 5. The Morgan fingerprint density at radius 1 is 1.23 bits per heavy atom. The van der Waals surface area contributed by atoms with Crippen molar-refractivity contribution >= 4 is 32.3 Å². The van der Waals surface area contributed by atoms with E-state index in [9.17, 15) is 12.8 Å². The van der Waals surface area contributed by atoms with Crippen LogP contribution < -0.4 is 5.32 Å². The number of sulfonamides is 1. The van der Waals surface area contributed by atoms with E-state index in [4.69, 9.17) is 4.74 Å². The van der Waals surface area contributed by atoms with Crippen LogP contribution in [0.2, 0.25) is 0 Å². The number of pyridine rings is 1. The largest absolute Gasteiger partial charge is 0.369 e. The normalized spacial score (nSPS) is 17.8. The van der Waals surface area contributed by atoms with E-state index in [-0.39, 0.29) is 24.6 Å². The van der Waals surface area contributed by atoms with Gasteiger partial charge in [-0.05, 0) is 49.7 Å². The SMILES string of the molecule is Cc1nnc(Nc2cccc([C@H]3CN(S(=O)(=O)c4ccc(F)cc4C)CCO3)n2)s1. The van der Waals surface area contributed by atoms with Crippen LogP contribution in [0.1, 0.15) is 22.4 Å². The molecule has 1 fully saturated rings. The molecule has 0 radical (unpaired) electrons. The second-order valence-electron chi connectivity index (χ2n) is 6.83. The molecule has 1 aliphatic heterocycles. The molecule has 2 aromatic heterocycles. The second-order valence-corrected chi connectivity index (χ2v) is 9.92. The van der Waals surface area contributed by atoms with Crippen LogP contribution in [0, 0.1) is 19.7 Å². The van der Waals surface area contributed by atoms with Crippen LogP contribution in [0.15, 0.2) is 41.3 Å². The molecule has 1 saturated heterocycles. The van der Waals surface area contributed by atoms with E-state index in [1.165, 1.54) is 27.8 Å². The number of hydrogen-bond donors (Lipinski definition) is 1. The molecule has 11 heteroatoms. The number of nitrogens with zero attached hydrogens (tertiary/aromatic N) is 4. The number of halogens is 1. The van der Waals surface area contributed by atoms with Crippen LogP contribution in [0.4, 0.5) is 15.3 Å². The van der Waals surface area contributed by atoms with Gasteiger partial charge in [0.05, 0.1) is 17.2 Å². The molecule has 0 amide bonds. The molecule has 0 spiro atoms. The molecule has 158 valence electrons. The van der Waals surface area contributed by atoms with Gasteiger partial charge in [-0.3, -0.25) is 0 Å². The first-order chi connectivity index (χ1) is 14.3. The number of ether oxygens (including phenoxy) is 1. The lowest BCUT2D eigenvalue weighted by molar-refractivity contribution is -0.00487. The predicted octanol–water partition coefficient (Wildman–Crippen LogP) is 3.19. The second kappa shape index (κ2) is 8.34. The Kier molecular flexibility index (Phi) is 5.78. The van der Waals surface area contributed by atoms with Crippen molar-refractivity contribution in [1.29, 1.82) is 0 Å². The van der Waals surface area contributed by atoms with Gasteiger partial charge in [-0.25, -0.2) is 17.8 Å². The summed E-state index contributed by atoms with van der Waals surface area (Å²) in [6, 6.07) is 9.08. The van der Waals surface area contributed by atoms with Gasteiger partial charge in [0.1, 0.15) is 22.7 Å². The van der Waals surface area contributed by atoms with Gasteiger partial charge in [-0.15, -0.1) is 10.2 Å². The minimum absolute atomic E-state index is 0.0968. The Morgan fingerprint density at radius 2 is 2.07 bits per heavy atom.